The lowest BCUT2D eigenvalue weighted by Crippen LogP contribution is -2.75. The van der Waals surface area contributed by atoms with Crippen molar-refractivity contribution in [3.63, 3.8) is 0 Å². The third-order valence-corrected chi connectivity index (χ3v) is 5.65. The van der Waals surface area contributed by atoms with Crippen LogP contribution in [0.4, 0.5) is 0 Å². The quantitative estimate of drug-likeness (QED) is 0.750. The fourth-order valence-electron chi connectivity index (χ4n) is 3.36. The molecule has 2 aromatic rings. The summed E-state index contributed by atoms with van der Waals surface area (Å²) in [6.45, 7) is 6.84. The van der Waals surface area contributed by atoms with Gasteiger partial charge in [0.15, 0.2) is 0 Å². The van der Waals surface area contributed by atoms with Gasteiger partial charge in [-0.1, -0.05) is 42.7 Å². The van der Waals surface area contributed by atoms with Gasteiger partial charge in [-0.15, -0.1) is 0 Å². The van der Waals surface area contributed by atoms with E-state index in [2.05, 4.69) is 15.5 Å². The topological polar surface area (TPSA) is 103 Å². The van der Waals surface area contributed by atoms with Crippen LogP contribution in [-0.4, -0.2) is 40.8 Å². The number of hydrogen-bond acceptors (Lipinski definition) is 6. The van der Waals surface area contributed by atoms with Crippen molar-refractivity contribution < 1.29 is 14.1 Å². The molecule has 1 amide bonds. The number of carbonyl (C=O) groups excluding carboxylic acids is 1. The van der Waals surface area contributed by atoms with Crippen LogP contribution >= 0.6 is 11.6 Å². The zero-order chi connectivity index (χ0) is 19.7. The number of rotatable bonds is 7. The molecule has 3 rings (SSSR count). The van der Waals surface area contributed by atoms with Crippen molar-refractivity contribution in [1.29, 1.82) is 0 Å². The summed E-state index contributed by atoms with van der Waals surface area (Å²) in [5, 5.41) is 7.44. The monoisotopic (exact) mass is 392 g/mol. The molecular formula is C19H25ClN4O3. The lowest BCUT2D eigenvalue weighted by molar-refractivity contribution is -0.170. The summed E-state index contributed by atoms with van der Waals surface area (Å²) in [5.74, 6) is 0.725. The maximum Gasteiger partial charge on any atom is 0.240 e. The molecule has 0 radical (unpaired) electrons. The summed E-state index contributed by atoms with van der Waals surface area (Å²) in [6, 6.07) is 7.23. The Morgan fingerprint density at radius 3 is 2.93 bits per heavy atom. The van der Waals surface area contributed by atoms with Crippen molar-refractivity contribution in [2.75, 3.05) is 13.2 Å². The Morgan fingerprint density at radius 1 is 1.48 bits per heavy atom. The van der Waals surface area contributed by atoms with E-state index in [0.29, 0.717) is 42.7 Å². The van der Waals surface area contributed by atoms with Crippen LogP contribution in [0.2, 0.25) is 5.02 Å². The van der Waals surface area contributed by atoms with Gasteiger partial charge in [-0.3, -0.25) is 4.79 Å². The molecule has 146 valence electrons. The highest BCUT2D eigenvalue weighted by molar-refractivity contribution is 6.30. The third-order valence-electron chi connectivity index (χ3n) is 5.41. The van der Waals surface area contributed by atoms with E-state index in [1.165, 1.54) is 0 Å². The zero-order valence-electron chi connectivity index (χ0n) is 15.8. The van der Waals surface area contributed by atoms with Gasteiger partial charge in [0.2, 0.25) is 17.6 Å². The highest BCUT2D eigenvalue weighted by Crippen LogP contribution is 2.49. The largest absolute Gasteiger partial charge is 0.378 e. The molecule has 1 fully saturated rings. The number of nitrogens with zero attached hydrogens (tertiary/aromatic N) is 2. The molecule has 1 aliphatic rings. The number of carbonyl (C=O) groups is 1. The highest BCUT2D eigenvalue weighted by atomic mass is 35.5. The second kappa shape index (κ2) is 7.58. The first-order valence-electron chi connectivity index (χ1n) is 9.05. The maximum atomic E-state index is 12.6. The van der Waals surface area contributed by atoms with E-state index in [1.807, 2.05) is 32.9 Å². The lowest BCUT2D eigenvalue weighted by atomic mass is 9.54. The minimum Gasteiger partial charge on any atom is -0.378 e. The summed E-state index contributed by atoms with van der Waals surface area (Å²) in [5.41, 5.74) is 5.78. The zero-order valence-corrected chi connectivity index (χ0v) is 16.5. The van der Waals surface area contributed by atoms with Gasteiger partial charge in [0.25, 0.3) is 0 Å². The second-order valence-electron chi connectivity index (χ2n) is 7.37. The molecule has 3 N–H and O–H groups in total. The van der Waals surface area contributed by atoms with E-state index < -0.39 is 11.0 Å². The Bertz CT molecular complexity index is 823. The summed E-state index contributed by atoms with van der Waals surface area (Å²) in [6.07, 6.45) is 0.929. The van der Waals surface area contributed by atoms with Crippen molar-refractivity contribution in [3.8, 4) is 11.4 Å². The molecule has 2 unspecified atom stereocenters. The van der Waals surface area contributed by atoms with Crippen LogP contribution in [0.15, 0.2) is 28.8 Å². The molecule has 1 aliphatic carbocycles. The Kier molecular flexibility index (Phi) is 5.55. The molecule has 1 saturated carbocycles. The van der Waals surface area contributed by atoms with Crippen LogP contribution in [0.1, 0.15) is 33.1 Å². The van der Waals surface area contributed by atoms with E-state index >= 15 is 0 Å². The first-order chi connectivity index (χ1) is 12.8. The maximum absolute atomic E-state index is 12.6. The van der Waals surface area contributed by atoms with Crippen LogP contribution < -0.4 is 11.1 Å². The average Bonchev–Trinajstić information content (AvgIpc) is 3.10. The van der Waals surface area contributed by atoms with Crippen LogP contribution in [-0.2, 0) is 16.0 Å². The van der Waals surface area contributed by atoms with Crippen molar-refractivity contribution in [3.05, 3.63) is 35.2 Å². The van der Waals surface area contributed by atoms with Gasteiger partial charge in [0.1, 0.15) is 5.54 Å². The van der Waals surface area contributed by atoms with Gasteiger partial charge in [-0.25, -0.2) is 0 Å². The standard InChI is InChI=1S/C19H25ClN4O3/c1-4-26-14-11-19(21,18(14,2)3)17(25)22-9-8-15-23-16(24-27-15)12-6-5-7-13(20)10-12/h5-7,10,14H,4,8-9,11,21H2,1-3H3,(H,22,25). The number of amides is 1. The summed E-state index contributed by atoms with van der Waals surface area (Å²) in [4.78, 5) is 16.9. The Hall–Kier alpha value is -1.96. The lowest BCUT2D eigenvalue weighted by Gasteiger charge is -2.57. The molecule has 1 aromatic heterocycles. The first kappa shape index (κ1) is 19.8. The van der Waals surface area contributed by atoms with Gasteiger partial charge in [-0.05, 0) is 19.1 Å². The number of benzene rings is 1. The van der Waals surface area contributed by atoms with Gasteiger partial charge < -0.3 is 20.3 Å². The van der Waals surface area contributed by atoms with Crippen LogP contribution in [0.3, 0.4) is 0 Å². The van der Waals surface area contributed by atoms with Gasteiger partial charge in [0, 0.05) is 42.0 Å². The average molecular weight is 393 g/mol. The molecule has 0 spiro atoms. The predicted molar refractivity (Wildman–Crippen MR) is 102 cm³/mol. The molecule has 0 bridgehead atoms. The molecule has 1 aromatic carbocycles. The van der Waals surface area contributed by atoms with Gasteiger partial charge in [0.05, 0.1) is 6.10 Å². The van der Waals surface area contributed by atoms with E-state index in [-0.39, 0.29) is 12.0 Å². The van der Waals surface area contributed by atoms with Crippen LogP contribution in [0.25, 0.3) is 11.4 Å². The first-order valence-corrected chi connectivity index (χ1v) is 9.43. The van der Waals surface area contributed by atoms with Crippen molar-refractivity contribution in [1.82, 2.24) is 15.5 Å². The number of nitrogens with one attached hydrogen (secondary N) is 1. The minimum absolute atomic E-state index is 0.00514. The molecule has 0 saturated heterocycles. The fraction of sp³-hybridized carbons (Fsp3) is 0.526. The Balaban J connectivity index is 1.54. The molecule has 27 heavy (non-hydrogen) atoms. The SMILES string of the molecule is CCOC1CC(N)(C(=O)NCCc2nc(-c3cccc(Cl)c3)no2)C1(C)C. The van der Waals surface area contributed by atoms with Crippen LogP contribution in [0, 0.1) is 5.41 Å². The Labute approximate surface area is 163 Å². The third kappa shape index (κ3) is 3.72. The van der Waals surface area contributed by atoms with E-state index in [9.17, 15) is 4.79 Å². The molecule has 1 heterocycles. The predicted octanol–water partition coefficient (Wildman–Crippen LogP) is 2.58. The van der Waals surface area contributed by atoms with Crippen molar-refractivity contribution in [2.45, 2.75) is 45.3 Å². The Morgan fingerprint density at radius 2 is 2.26 bits per heavy atom. The normalized spacial score (nSPS) is 23.7. The summed E-state index contributed by atoms with van der Waals surface area (Å²) < 4.78 is 10.9. The highest BCUT2D eigenvalue weighted by Gasteiger charge is 2.62. The molecule has 8 heteroatoms. The minimum atomic E-state index is -0.937. The number of hydrogen-bond donors (Lipinski definition) is 2. The summed E-state index contributed by atoms with van der Waals surface area (Å²) in [7, 11) is 0. The van der Waals surface area contributed by atoms with Crippen molar-refractivity contribution >= 4 is 17.5 Å². The van der Waals surface area contributed by atoms with Crippen molar-refractivity contribution in [2.24, 2.45) is 11.1 Å². The van der Waals surface area contributed by atoms with E-state index in [1.54, 1.807) is 12.1 Å². The number of aromatic nitrogens is 2. The van der Waals surface area contributed by atoms with Crippen LogP contribution in [0.5, 0.6) is 0 Å². The van der Waals surface area contributed by atoms with Gasteiger partial charge >= 0.3 is 0 Å². The van der Waals surface area contributed by atoms with E-state index in [4.69, 9.17) is 26.6 Å². The smallest absolute Gasteiger partial charge is 0.240 e. The van der Waals surface area contributed by atoms with E-state index in [0.717, 1.165) is 5.56 Å². The molecular weight excluding hydrogens is 368 g/mol. The number of halogens is 1. The fourth-order valence-corrected chi connectivity index (χ4v) is 3.55. The number of nitrogens with two attached hydrogens (primary N) is 1. The molecule has 7 nitrogen and oxygen atoms in total. The number of ether oxygens (including phenoxy) is 1. The molecule has 0 aliphatic heterocycles. The second-order valence-corrected chi connectivity index (χ2v) is 7.81. The van der Waals surface area contributed by atoms with Gasteiger partial charge in [-0.2, -0.15) is 4.98 Å². The summed E-state index contributed by atoms with van der Waals surface area (Å²) >= 11 is 5.98. The molecule has 2 atom stereocenters.